The lowest BCUT2D eigenvalue weighted by molar-refractivity contribution is 0.505. The Hall–Kier alpha value is 0.350. The van der Waals surface area contributed by atoms with E-state index in [4.69, 9.17) is 0 Å². The van der Waals surface area contributed by atoms with Crippen LogP contribution < -0.4 is 0 Å². The zero-order valence-electron chi connectivity index (χ0n) is 7.06. The molecule has 0 heterocycles. The zero-order chi connectivity index (χ0) is 7.49. The molecule has 0 saturated heterocycles. The average molecular weight is 145 g/mol. The summed E-state index contributed by atoms with van der Waals surface area (Å²) in [5, 5.41) is 0. The number of hydrogen-bond donors (Lipinski definition) is 0. The van der Waals surface area contributed by atoms with Gasteiger partial charge < -0.3 is 0 Å². The van der Waals surface area contributed by atoms with E-state index in [0.29, 0.717) is 4.75 Å². The predicted molar refractivity (Wildman–Crippen MR) is 46.5 cm³/mol. The highest BCUT2D eigenvalue weighted by molar-refractivity contribution is 8.02. The molecule has 0 rings (SSSR count). The fraction of sp³-hybridized carbons (Fsp3) is 0.875. The molecule has 0 aromatic carbocycles. The fourth-order valence-corrected chi connectivity index (χ4v) is 1.32. The number of hydrogen-bond acceptors (Lipinski definition) is 1. The Morgan fingerprint density at radius 1 is 1.33 bits per heavy atom. The maximum atomic E-state index is 2.28. The molecule has 0 aromatic heterocycles. The van der Waals surface area contributed by atoms with Crippen molar-refractivity contribution < 1.29 is 0 Å². The van der Waals surface area contributed by atoms with Crippen molar-refractivity contribution in [3.63, 3.8) is 0 Å². The summed E-state index contributed by atoms with van der Waals surface area (Å²) < 4.78 is 0.411. The van der Waals surface area contributed by atoms with Crippen molar-refractivity contribution in [1.82, 2.24) is 0 Å². The Morgan fingerprint density at radius 2 is 1.78 bits per heavy atom. The highest BCUT2D eigenvalue weighted by Gasteiger charge is 2.21. The van der Waals surface area contributed by atoms with E-state index in [1.807, 2.05) is 11.8 Å². The van der Waals surface area contributed by atoms with Crippen molar-refractivity contribution in [2.45, 2.75) is 39.4 Å². The van der Waals surface area contributed by atoms with Gasteiger partial charge in [0.1, 0.15) is 0 Å². The molecule has 0 spiro atoms. The summed E-state index contributed by atoms with van der Waals surface area (Å²) in [5.41, 5.74) is 0. The predicted octanol–water partition coefficient (Wildman–Crippen LogP) is 3.34. The van der Waals surface area contributed by atoms with E-state index in [2.05, 4.69) is 40.4 Å². The smallest absolute Gasteiger partial charge is 0.0141 e. The largest absolute Gasteiger partial charge is 0.151 e. The molecule has 0 aliphatic heterocycles. The van der Waals surface area contributed by atoms with Crippen LogP contribution in [0.1, 0.15) is 34.6 Å². The van der Waals surface area contributed by atoms with Crippen LogP contribution in [0.4, 0.5) is 0 Å². The van der Waals surface area contributed by atoms with Crippen LogP contribution in [-0.4, -0.2) is 4.75 Å². The second-order valence-electron chi connectivity index (χ2n) is 3.11. The molecule has 0 aromatic rings. The van der Waals surface area contributed by atoms with Crippen molar-refractivity contribution >= 4 is 11.8 Å². The van der Waals surface area contributed by atoms with Crippen LogP contribution in [0.3, 0.4) is 0 Å². The second kappa shape index (κ2) is 3.50. The molecule has 0 atom stereocenters. The SMILES string of the molecule is C[CH]SC(C)(C)C(C)C. The molecule has 0 saturated carbocycles. The number of rotatable bonds is 3. The summed E-state index contributed by atoms with van der Waals surface area (Å²) >= 11 is 1.92. The monoisotopic (exact) mass is 145 g/mol. The summed E-state index contributed by atoms with van der Waals surface area (Å²) in [6.45, 7) is 11.2. The van der Waals surface area contributed by atoms with Crippen molar-refractivity contribution in [2.24, 2.45) is 5.92 Å². The van der Waals surface area contributed by atoms with Crippen LogP contribution in [0.25, 0.3) is 0 Å². The Labute approximate surface area is 63.4 Å². The zero-order valence-corrected chi connectivity index (χ0v) is 7.88. The summed E-state index contributed by atoms with van der Waals surface area (Å²) in [6.07, 6.45) is 0. The maximum absolute atomic E-state index is 2.28. The first-order valence-electron chi connectivity index (χ1n) is 3.46. The van der Waals surface area contributed by atoms with Gasteiger partial charge in [-0.15, -0.1) is 0 Å². The molecule has 0 N–H and O–H groups in total. The molecular weight excluding hydrogens is 128 g/mol. The third-order valence-corrected chi connectivity index (χ3v) is 3.13. The number of thioether (sulfide) groups is 1. The van der Waals surface area contributed by atoms with E-state index in [0.717, 1.165) is 5.92 Å². The van der Waals surface area contributed by atoms with Crippen molar-refractivity contribution in [3.8, 4) is 0 Å². The van der Waals surface area contributed by atoms with Gasteiger partial charge in [-0.1, -0.05) is 34.6 Å². The van der Waals surface area contributed by atoms with E-state index < -0.39 is 0 Å². The van der Waals surface area contributed by atoms with Gasteiger partial charge in [0.25, 0.3) is 0 Å². The van der Waals surface area contributed by atoms with Gasteiger partial charge in [-0.2, -0.15) is 11.8 Å². The molecular formula is C8H17S. The van der Waals surface area contributed by atoms with Gasteiger partial charge in [0.2, 0.25) is 0 Å². The van der Waals surface area contributed by atoms with Crippen LogP contribution in [0, 0.1) is 11.7 Å². The Bertz CT molecular complexity index is 74.6. The van der Waals surface area contributed by atoms with E-state index >= 15 is 0 Å². The summed E-state index contributed by atoms with van der Waals surface area (Å²) in [7, 11) is 0. The lowest BCUT2D eigenvalue weighted by atomic mass is 10.00. The summed E-state index contributed by atoms with van der Waals surface area (Å²) in [6, 6.07) is 0. The first-order chi connectivity index (χ1) is 4.00. The van der Waals surface area contributed by atoms with Gasteiger partial charge in [0.05, 0.1) is 0 Å². The van der Waals surface area contributed by atoms with Gasteiger partial charge >= 0.3 is 0 Å². The first-order valence-corrected chi connectivity index (χ1v) is 4.34. The van der Waals surface area contributed by atoms with Gasteiger partial charge in [0, 0.05) is 10.5 Å². The third-order valence-electron chi connectivity index (χ3n) is 1.81. The van der Waals surface area contributed by atoms with E-state index in [9.17, 15) is 0 Å². The summed E-state index contributed by atoms with van der Waals surface area (Å²) in [5.74, 6) is 2.92. The highest BCUT2D eigenvalue weighted by atomic mass is 32.2. The van der Waals surface area contributed by atoms with Gasteiger partial charge in [-0.3, -0.25) is 0 Å². The quantitative estimate of drug-likeness (QED) is 0.587. The van der Waals surface area contributed by atoms with Crippen molar-refractivity contribution in [2.75, 3.05) is 0 Å². The minimum Gasteiger partial charge on any atom is -0.151 e. The normalized spacial score (nSPS) is 12.7. The van der Waals surface area contributed by atoms with Crippen LogP contribution in [0.2, 0.25) is 0 Å². The van der Waals surface area contributed by atoms with Crippen LogP contribution >= 0.6 is 11.8 Å². The molecule has 1 radical (unpaired) electrons. The van der Waals surface area contributed by atoms with Crippen LogP contribution in [0.15, 0.2) is 0 Å². The molecule has 0 aliphatic rings. The lowest BCUT2D eigenvalue weighted by Crippen LogP contribution is -2.21. The van der Waals surface area contributed by atoms with E-state index in [-0.39, 0.29) is 0 Å². The van der Waals surface area contributed by atoms with Crippen LogP contribution in [-0.2, 0) is 0 Å². The van der Waals surface area contributed by atoms with Gasteiger partial charge in [0.15, 0.2) is 0 Å². The highest BCUT2D eigenvalue weighted by Crippen LogP contribution is 2.33. The van der Waals surface area contributed by atoms with E-state index in [1.54, 1.807) is 0 Å². The third kappa shape index (κ3) is 3.14. The average Bonchev–Trinajstić information content (AvgIpc) is 1.65. The molecule has 1 heteroatoms. The lowest BCUT2D eigenvalue weighted by Gasteiger charge is -2.27. The molecule has 0 fully saturated rings. The minimum atomic E-state index is 0.411. The Morgan fingerprint density at radius 3 is 1.89 bits per heavy atom. The van der Waals surface area contributed by atoms with Crippen molar-refractivity contribution in [1.29, 1.82) is 0 Å². The molecule has 0 amide bonds. The molecule has 0 bridgehead atoms. The minimum absolute atomic E-state index is 0.411. The molecule has 0 aliphatic carbocycles. The van der Waals surface area contributed by atoms with Crippen LogP contribution in [0.5, 0.6) is 0 Å². The molecule has 55 valence electrons. The fourth-order valence-electron chi connectivity index (χ4n) is 0.440. The van der Waals surface area contributed by atoms with Gasteiger partial charge in [-0.25, -0.2) is 0 Å². The molecule has 0 unspecified atom stereocenters. The van der Waals surface area contributed by atoms with Crippen molar-refractivity contribution in [3.05, 3.63) is 5.75 Å². The maximum Gasteiger partial charge on any atom is 0.0141 e. The first kappa shape index (κ1) is 9.35. The van der Waals surface area contributed by atoms with Gasteiger partial charge in [-0.05, 0) is 5.92 Å². The topological polar surface area (TPSA) is 0 Å². The van der Waals surface area contributed by atoms with E-state index in [1.165, 1.54) is 0 Å². The standard InChI is InChI=1S/C8H17S/c1-6-9-8(4,5)7(2)3/h6-7H,1-5H3. The Kier molecular flexibility index (Phi) is 3.64. The molecule has 9 heavy (non-hydrogen) atoms. The summed E-state index contributed by atoms with van der Waals surface area (Å²) in [4.78, 5) is 0. The molecule has 0 nitrogen and oxygen atoms in total. The second-order valence-corrected chi connectivity index (χ2v) is 4.87. The Balaban J connectivity index is 3.70.